The van der Waals surface area contributed by atoms with Gasteiger partial charge in [-0.2, -0.15) is 0 Å². The molecule has 3 rings (SSSR count). The van der Waals surface area contributed by atoms with Crippen molar-refractivity contribution in [1.82, 2.24) is 9.62 Å². The number of ether oxygens (including phenoxy) is 1. The second kappa shape index (κ2) is 8.03. The highest BCUT2D eigenvalue weighted by Crippen LogP contribution is 2.26. The Balaban J connectivity index is 1.78. The molecule has 2 heterocycles. The molecule has 0 amide bonds. The lowest BCUT2D eigenvalue weighted by Gasteiger charge is -2.33. The molecule has 136 valence electrons. The number of likely N-dealkylation sites (tertiary alicyclic amines) is 1. The predicted octanol–water partition coefficient (Wildman–Crippen LogP) is 2.79. The molecule has 7 heteroatoms. The SMILES string of the molecule is COc1ccccc1S(=O)(=O)NC[C@@H](c1ccco1)N1CCCCC1. The van der Waals surface area contributed by atoms with E-state index in [1.807, 2.05) is 12.1 Å². The van der Waals surface area contributed by atoms with Crippen LogP contribution in [0.3, 0.4) is 0 Å². The standard InChI is InChI=1S/C18H24N2O4S/c1-23-17-8-3-4-10-18(17)25(21,22)19-14-15(16-9-7-13-24-16)20-11-5-2-6-12-20/h3-4,7-10,13,15,19H,2,5-6,11-12,14H2,1H3/t15-/m0/s1. The highest BCUT2D eigenvalue weighted by atomic mass is 32.2. The van der Waals surface area contributed by atoms with Crippen LogP contribution in [0.4, 0.5) is 0 Å². The Morgan fingerprint density at radius 1 is 1.16 bits per heavy atom. The number of sulfonamides is 1. The second-order valence-electron chi connectivity index (χ2n) is 6.13. The summed E-state index contributed by atoms with van der Waals surface area (Å²) < 4.78 is 38.9. The van der Waals surface area contributed by atoms with E-state index in [0.29, 0.717) is 5.75 Å². The Kier molecular flexibility index (Phi) is 5.78. The summed E-state index contributed by atoms with van der Waals surface area (Å²) in [6.45, 7) is 2.15. The van der Waals surface area contributed by atoms with E-state index in [1.165, 1.54) is 13.5 Å². The first-order valence-corrected chi connectivity index (χ1v) is 10.0. The highest BCUT2D eigenvalue weighted by molar-refractivity contribution is 7.89. The van der Waals surface area contributed by atoms with Crippen LogP contribution in [0, 0.1) is 0 Å². The van der Waals surface area contributed by atoms with Gasteiger partial charge < -0.3 is 9.15 Å². The number of para-hydroxylation sites is 1. The fourth-order valence-corrected chi connectivity index (χ4v) is 4.43. The summed E-state index contributed by atoms with van der Waals surface area (Å²) in [4.78, 5) is 2.43. The molecular formula is C18H24N2O4S. The van der Waals surface area contributed by atoms with Gasteiger partial charge in [0.1, 0.15) is 16.4 Å². The van der Waals surface area contributed by atoms with E-state index in [1.54, 1.807) is 30.5 Å². The number of nitrogens with one attached hydrogen (secondary N) is 1. The Morgan fingerprint density at radius 3 is 2.60 bits per heavy atom. The molecule has 6 nitrogen and oxygen atoms in total. The van der Waals surface area contributed by atoms with Crippen LogP contribution in [-0.4, -0.2) is 40.1 Å². The molecule has 0 aliphatic carbocycles. The van der Waals surface area contributed by atoms with Gasteiger partial charge >= 0.3 is 0 Å². The minimum Gasteiger partial charge on any atom is -0.495 e. The molecule has 1 fully saturated rings. The van der Waals surface area contributed by atoms with E-state index in [2.05, 4.69) is 9.62 Å². The van der Waals surface area contributed by atoms with E-state index in [9.17, 15) is 8.42 Å². The van der Waals surface area contributed by atoms with Crippen LogP contribution in [-0.2, 0) is 10.0 Å². The monoisotopic (exact) mass is 364 g/mol. The molecule has 1 N–H and O–H groups in total. The Labute approximate surface area is 148 Å². The summed E-state index contributed by atoms with van der Waals surface area (Å²) >= 11 is 0. The van der Waals surface area contributed by atoms with E-state index < -0.39 is 10.0 Å². The van der Waals surface area contributed by atoms with Crippen molar-refractivity contribution in [3.63, 3.8) is 0 Å². The zero-order chi connectivity index (χ0) is 17.7. The van der Waals surface area contributed by atoms with Crippen LogP contribution >= 0.6 is 0 Å². The number of rotatable bonds is 7. The summed E-state index contributed by atoms with van der Waals surface area (Å²) in [5, 5.41) is 0. The Bertz CT molecular complexity index is 768. The van der Waals surface area contributed by atoms with Crippen molar-refractivity contribution >= 4 is 10.0 Å². The number of piperidine rings is 1. The smallest absolute Gasteiger partial charge is 0.244 e. The van der Waals surface area contributed by atoms with Gasteiger partial charge in [0.05, 0.1) is 19.4 Å². The van der Waals surface area contributed by atoms with Crippen LogP contribution in [0.25, 0.3) is 0 Å². The van der Waals surface area contributed by atoms with Gasteiger partial charge in [-0.1, -0.05) is 18.6 Å². The van der Waals surface area contributed by atoms with Gasteiger partial charge in [-0.05, 0) is 50.2 Å². The van der Waals surface area contributed by atoms with Crippen molar-refractivity contribution in [2.45, 2.75) is 30.2 Å². The summed E-state index contributed by atoms with van der Waals surface area (Å²) in [5.74, 6) is 1.12. The van der Waals surface area contributed by atoms with Crippen molar-refractivity contribution in [3.8, 4) is 5.75 Å². The second-order valence-corrected chi connectivity index (χ2v) is 7.87. The maximum absolute atomic E-state index is 12.7. The fourth-order valence-electron chi connectivity index (χ4n) is 3.23. The molecule has 1 aliphatic heterocycles. The summed E-state index contributed by atoms with van der Waals surface area (Å²) in [6.07, 6.45) is 5.09. The minimum absolute atomic E-state index is 0.111. The fraction of sp³-hybridized carbons (Fsp3) is 0.444. The lowest BCUT2D eigenvalue weighted by molar-refractivity contribution is 0.147. The number of hydrogen-bond acceptors (Lipinski definition) is 5. The van der Waals surface area contributed by atoms with Crippen LogP contribution in [0.15, 0.2) is 52.0 Å². The molecule has 0 saturated carbocycles. The van der Waals surface area contributed by atoms with E-state index >= 15 is 0 Å². The lowest BCUT2D eigenvalue weighted by Crippen LogP contribution is -2.40. The first-order valence-electron chi connectivity index (χ1n) is 8.52. The molecule has 25 heavy (non-hydrogen) atoms. The summed E-state index contributed by atoms with van der Waals surface area (Å²) in [7, 11) is -2.21. The topological polar surface area (TPSA) is 71.8 Å². The van der Waals surface area contributed by atoms with Crippen molar-refractivity contribution in [2.24, 2.45) is 0 Å². The lowest BCUT2D eigenvalue weighted by atomic mass is 10.1. The van der Waals surface area contributed by atoms with Gasteiger partial charge in [-0.15, -0.1) is 0 Å². The summed E-state index contributed by atoms with van der Waals surface area (Å²) in [6, 6.07) is 10.2. The van der Waals surface area contributed by atoms with Gasteiger partial charge in [-0.25, -0.2) is 13.1 Å². The first-order chi connectivity index (χ1) is 12.1. The van der Waals surface area contributed by atoms with Crippen molar-refractivity contribution in [2.75, 3.05) is 26.7 Å². The predicted molar refractivity (Wildman–Crippen MR) is 95.1 cm³/mol. The Hall–Kier alpha value is -1.83. The molecule has 0 bridgehead atoms. The average Bonchev–Trinajstić information content (AvgIpc) is 3.17. The molecule has 0 unspecified atom stereocenters. The van der Waals surface area contributed by atoms with Crippen molar-refractivity contribution in [3.05, 3.63) is 48.4 Å². The Morgan fingerprint density at radius 2 is 1.92 bits per heavy atom. The molecule has 2 aromatic rings. The third kappa shape index (κ3) is 4.23. The van der Waals surface area contributed by atoms with Gasteiger partial charge in [0.25, 0.3) is 0 Å². The van der Waals surface area contributed by atoms with Gasteiger partial charge in [0.15, 0.2) is 0 Å². The van der Waals surface area contributed by atoms with E-state index in [0.717, 1.165) is 31.7 Å². The summed E-state index contributed by atoms with van der Waals surface area (Å²) in [5.41, 5.74) is 0. The van der Waals surface area contributed by atoms with E-state index in [4.69, 9.17) is 9.15 Å². The normalized spacial score (nSPS) is 17.3. The zero-order valence-corrected chi connectivity index (χ0v) is 15.2. The van der Waals surface area contributed by atoms with Gasteiger partial charge in [0, 0.05) is 6.54 Å². The van der Waals surface area contributed by atoms with Gasteiger partial charge in [-0.3, -0.25) is 4.90 Å². The zero-order valence-electron chi connectivity index (χ0n) is 14.3. The van der Waals surface area contributed by atoms with Gasteiger partial charge in [0.2, 0.25) is 10.0 Å². The molecule has 1 saturated heterocycles. The quantitative estimate of drug-likeness (QED) is 0.818. The third-order valence-corrected chi connectivity index (χ3v) is 5.99. The maximum Gasteiger partial charge on any atom is 0.244 e. The number of hydrogen-bond donors (Lipinski definition) is 1. The van der Waals surface area contributed by atoms with Crippen molar-refractivity contribution < 1.29 is 17.6 Å². The average molecular weight is 364 g/mol. The van der Waals surface area contributed by atoms with Crippen molar-refractivity contribution in [1.29, 1.82) is 0 Å². The van der Waals surface area contributed by atoms with Crippen LogP contribution in [0.1, 0.15) is 31.1 Å². The largest absolute Gasteiger partial charge is 0.495 e. The first kappa shape index (κ1) is 18.0. The minimum atomic E-state index is -3.67. The molecule has 1 aromatic carbocycles. The molecule has 0 radical (unpaired) electrons. The van der Waals surface area contributed by atoms with Crippen LogP contribution in [0.5, 0.6) is 5.75 Å². The number of benzene rings is 1. The van der Waals surface area contributed by atoms with Crippen LogP contribution in [0.2, 0.25) is 0 Å². The third-order valence-electron chi connectivity index (χ3n) is 4.53. The molecular weight excluding hydrogens is 340 g/mol. The molecule has 1 aromatic heterocycles. The number of furan rings is 1. The molecule has 1 atom stereocenters. The number of methoxy groups -OCH3 is 1. The molecule has 1 aliphatic rings. The van der Waals surface area contributed by atoms with Crippen LogP contribution < -0.4 is 9.46 Å². The number of nitrogens with zero attached hydrogens (tertiary/aromatic N) is 1. The maximum atomic E-state index is 12.7. The van der Waals surface area contributed by atoms with E-state index in [-0.39, 0.29) is 17.5 Å². The molecule has 0 spiro atoms. The highest BCUT2D eigenvalue weighted by Gasteiger charge is 2.27.